The predicted molar refractivity (Wildman–Crippen MR) is 101 cm³/mol. The van der Waals surface area contributed by atoms with Gasteiger partial charge in [0, 0.05) is 0 Å². The van der Waals surface area contributed by atoms with Crippen molar-refractivity contribution in [2.45, 2.75) is 43.5 Å². The molecule has 0 saturated carbocycles. The molecule has 0 aliphatic rings. The largest absolute Gasteiger partial charge is 0.468 e. The first-order valence-electron chi connectivity index (χ1n) is 8.38. The van der Waals surface area contributed by atoms with Crippen molar-refractivity contribution in [2.24, 2.45) is 0 Å². The van der Waals surface area contributed by atoms with Crippen molar-refractivity contribution in [1.82, 2.24) is 4.72 Å². The zero-order valence-electron chi connectivity index (χ0n) is 15.5. The summed E-state index contributed by atoms with van der Waals surface area (Å²) in [6, 6.07) is 14.9. The smallest absolute Gasteiger partial charge is 0.324 e. The second-order valence-corrected chi connectivity index (χ2v) is 8.88. The second kappa shape index (κ2) is 8.01. The van der Waals surface area contributed by atoms with Gasteiger partial charge in [-0.25, -0.2) is 8.42 Å². The highest BCUT2D eigenvalue weighted by atomic mass is 32.2. The average Bonchev–Trinajstić information content (AvgIpc) is 2.60. The van der Waals surface area contributed by atoms with E-state index in [-0.39, 0.29) is 16.7 Å². The van der Waals surface area contributed by atoms with Gasteiger partial charge < -0.3 is 4.74 Å². The van der Waals surface area contributed by atoms with Crippen molar-refractivity contribution in [1.29, 1.82) is 0 Å². The number of methoxy groups -OCH3 is 1. The zero-order chi connectivity index (χ0) is 19.4. The Morgan fingerprint density at radius 1 is 1.04 bits per heavy atom. The van der Waals surface area contributed by atoms with Crippen molar-refractivity contribution < 1.29 is 17.9 Å². The van der Waals surface area contributed by atoms with Crippen molar-refractivity contribution >= 4 is 16.0 Å². The Morgan fingerprint density at radius 2 is 1.62 bits per heavy atom. The molecule has 0 radical (unpaired) electrons. The first-order valence-corrected chi connectivity index (χ1v) is 9.86. The lowest BCUT2D eigenvalue weighted by molar-refractivity contribution is -0.142. The first kappa shape index (κ1) is 20.1. The lowest BCUT2D eigenvalue weighted by Gasteiger charge is -2.20. The normalized spacial score (nSPS) is 13.2. The second-order valence-electron chi connectivity index (χ2n) is 7.16. The third-order valence-electron chi connectivity index (χ3n) is 4.10. The van der Waals surface area contributed by atoms with Gasteiger partial charge >= 0.3 is 5.97 Å². The van der Waals surface area contributed by atoms with E-state index in [4.69, 9.17) is 4.74 Å². The van der Waals surface area contributed by atoms with Crippen LogP contribution in [-0.4, -0.2) is 27.5 Å². The van der Waals surface area contributed by atoms with Crippen LogP contribution in [0, 0.1) is 0 Å². The van der Waals surface area contributed by atoms with Crippen LogP contribution in [-0.2, 0) is 31.4 Å². The van der Waals surface area contributed by atoms with Crippen LogP contribution in [0.1, 0.15) is 31.9 Å². The molecule has 26 heavy (non-hydrogen) atoms. The molecular weight excluding hydrogens is 350 g/mol. The van der Waals surface area contributed by atoms with E-state index in [1.165, 1.54) is 7.11 Å². The summed E-state index contributed by atoms with van der Waals surface area (Å²) in [5, 5.41) is 0. The molecule has 140 valence electrons. The summed E-state index contributed by atoms with van der Waals surface area (Å²) < 4.78 is 32.6. The summed E-state index contributed by atoms with van der Waals surface area (Å²) in [6.07, 6.45) is 0.215. The van der Waals surface area contributed by atoms with Crippen LogP contribution in [0.3, 0.4) is 0 Å². The Labute approximate surface area is 155 Å². The topological polar surface area (TPSA) is 72.5 Å². The molecular formula is C20H25NO4S. The van der Waals surface area contributed by atoms with Crippen LogP contribution in [0.25, 0.3) is 0 Å². The third kappa shape index (κ3) is 5.16. The van der Waals surface area contributed by atoms with Gasteiger partial charge in [-0.05, 0) is 35.1 Å². The highest BCUT2D eigenvalue weighted by Gasteiger charge is 2.27. The molecule has 6 heteroatoms. The molecule has 1 unspecified atom stereocenters. The Hall–Kier alpha value is -2.18. The van der Waals surface area contributed by atoms with E-state index >= 15 is 0 Å². The summed E-state index contributed by atoms with van der Waals surface area (Å²) in [4.78, 5) is 12.2. The number of esters is 1. The Morgan fingerprint density at radius 3 is 2.12 bits per heavy atom. The molecule has 5 nitrogen and oxygen atoms in total. The fraction of sp³-hybridized carbons (Fsp3) is 0.350. The van der Waals surface area contributed by atoms with Gasteiger partial charge in [0.05, 0.1) is 12.0 Å². The number of ether oxygens (including phenoxy) is 1. The SMILES string of the molecule is COC(=O)C(Cc1ccccc1)NS(=O)(=O)c1ccc(C(C)(C)C)cc1. The number of hydrogen-bond donors (Lipinski definition) is 1. The zero-order valence-corrected chi connectivity index (χ0v) is 16.3. The number of carbonyl (C=O) groups excluding carboxylic acids is 1. The highest BCUT2D eigenvalue weighted by molar-refractivity contribution is 7.89. The van der Waals surface area contributed by atoms with Crippen LogP contribution in [0.4, 0.5) is 0 Å². The fourth-order valence-corrected chi connectivity index (χ4v) is 3.74. The summed E-state index contributed by atoms with van der Waals surface area (Å²) in [5.41, 5.74) is 1.80. The quantitative estimate of drug-likeness (QED) is 0.788. The van der Waals surface area contributed by atoms with Crippen LogP contribution in [0.15, 0.2) is 59.5 Å². The molecule has 2 aromatic carbocycles. The lowest BCUT2D eigenvalue weighted by atomic mass is 9.87. The molecule has 1 N–H and O–H groups in total. The van der Waals surface area contributed by atoms with Crippen molar-refractivity contribution in [3.05, 3.63) is 65.7 Å². The van der Waals surface area contributed by atoms with Gasteiger partial charge in [-0.15, -0.1) is 0 Å². The van der Waals surface area contributed by atoms with E-state index in [2.05, 4.69) is 25.5 Å². The number of nitrogens with one attached hydrogen (secondary N) is 1. The van der Waals surface area contributed by atoms with Crippen molar-refractivity contribution in [3.63, 3.8) is 0 Å². The molecule has 2 rings (SSSR count). The molecule has 0 spiro atoms. The van der Waals surface area contributed by atoms with E-state index < -0.39 is 22.0 Å². The minimum atomic E-state index is -3.85. The maximum Gasteiger partial charge on any atom is 0.324 e. The van der Waals surface area contributed by atoms with Crippen molar-refractivity contribution in [2.75, 3.05) is 7.11 Å². The molecule has 2 aromatic rings. The van der Waals surface area contributed by atoms with Crippen LogP contribution >= 0.6 is 0 Å². The number of hydrogen-bond acceptors (Lipinski definition) is 4. The molecule has 0 bridgehead atoms. The van der Waals surface area contributed by atoms with Gasteiger partial charge in [0.2, 0.25) is 10.0 Å². The average molecular weight is 375 g/mol. The van der Waals surface area contributed by atoms with Gasteiger partial charge in [0.15, 0.2) is 0 Å². The van der Waals surface area contributed by atoms with Gasteiger partial charge in [0.25, 0.3) is 0 Å². The van der Waals surface area contributed by atoms with Crippen LogP contribution in [0.2, 0.25) is 0 Å². The Kier molecular flexibility index (Phi) is 6.21. The van der Waals surface area contributed by atoms with E-state index in [9.17, 15) is 13.2 Å². The van der Waals surface area contributed by atoms with Crippen molar-refractivity contribution in [3.8, 4) is 0 Å². The molecule has 0 aliphatic heterocycles. The molecule has 0 heterocycles. The Bertz CT molecular complexity index is 838. The van der Waals surface area contributed by atoms with Gasteiger partial charge in [-0.1, -0.05) is 63.2 Å². The summed E-state index contributed by atoms with van der Waals surface area (Å²) in [7, 11) is -2.60. The van der Waals surface area contributed by atoms with Gasteiger partial charge in [-0.3, -0.25) is 4.79 Å². The minimum Gasteiger partial charge on any atom is -0.468 e. The maximum absolute atomic E-state index is 12.7. The molecule has 0 aliphatic carbocycles. The molecule has 0 aromatic heterocycles. The number of carbonyl (C=O) groups is 1. The van der Waals surface area contributed by atoms with Crippen LogP contribution in [0.5, 0.6) is 0 Å². The van der Waals surface area contributed by atoms with Gasteiger partial charge in [0.1, 0.15) is 6.04 Å². The predicted octanol–water partition coefficient (Wildman–Crippen LogP) is 3.05. The highest BCUT2D eigenvalue weighted by Crippen LogP contribution is 2.23. The summed E-state index contributed by atoms with van der Waals surface area (Å²) in [6.45, 7) is 6.17. The third-order valence-corrected chi connectivity index (χ3v) is 5.58. The minimum absolute atomic E-state index is 0.0718. The molecule has 0 fully saturated rings. The summed E-state index contributed by atoms with van der Waals surface area (Å²) in [5.74, 6) is -0.622. The monoisotopic (exact) mass is 375 g/mol. The number of sulfonamides is 1. The van der Waals surface area contributed by atoms with Gasteiger partial charge in [-0.2, -0.15) is 4.72 Å². The molecule has 0 saturated heterocycles. The van der Waals surface area contributed by atoms with E-state index in [1.807, 2.05) is 30.3 Å². The standard InChI is InChI=1S/C20H25NO4S/c1-20(2,3)16-10-12-17(13-11-16)26(23,24)21-18(19(22)25-4)14-15-8-6-5-7-9-15/h5-13,18,21H,14H2,1-4H3. The van der Waals surface area contributed by atoms with Crippen LogP contribution < -0.4 is 4.72 Å². The van der Waals surface area contributed by atoms with E-state index in [0.717, 1.165) is 11.1 Å². The number of benzene rings is 2. The fourth-order valence-electron chi connectivity index (χ4n) is 2.55. The van der Waals surface area contributed by atoms with E-state index in [0.29, 0.717) is 0 Å². The molecule has 0 amide bonds. The summed E-state index contributed by atoms with van der Waals surface area (Å²) >= 11 is 0. The maximum atomic E-state index is 12.7. The lowest BCUT2D eigenvalue weighted by Crippen LogP contribution is -2.43. The van der Waals surface area contributed by atoms with E-state index in [1.54, 1.807) is 24.3 Å². The first-order chi connectivity index (χ1) is 12.1. The Balaban J connectivity index is 2.24. The number of rotatable bonds is 6. The molecule has 1 atom stereocenters.